The van der Waals surface area contributed by atoms with Gasteiger partial charge < -0.3 is 15.2 Å². The fraction of sp³-hybridized carbons (Fsp3) is 0.579. The predicted octanol–water partition coefficient (Wildman–Crippen LogP) is 3.37. The van der Waals surface area contributed by atoms with Crippen LogP contribution in [0.3, 0.4) is 0 Å². The minimum atomic E-state index is -1.01. The first kappa shape index (κ1) is 18.3. The van der Waals surface area contributed by atoms with Gasteiger partial charge in [0, 0.05) is 12.5 Å². The third-order valence-electron chi connectivity index (χ3n) is 4.68. The van der Waals surface area contributed by atoms with Gasteiger partial charge in [-0.1, -0.05) is 44.7 Å². The Kier molecular flexibility index (Phi) is 7.09. The van der Waals surface area contributed by atoms with Crippen LogP contribution in [0.2, 0.25) is 0 Å². The molecule has 1 atom stereocenters. The molecule has 0 bridgehead atoms. The van der Waals surface area contributed by atoms with Crippen LogP contribution in [0.1, 0.15) is 51.0 Å². The van der Waals surface area contributed by atoms with Crippen LogP contribution < -0.4 is 10.1 Å². The van der Waals surface area contributed by atoms with Crippen LogP contribution in [0.15, 0.2) is 24.3 Å². The summed E-state index contributed by atoms with van der Waals surface area (Å²) in [6, 6.07) is 7.17. The second-order valence-corrected chi connectivity index (χ2v) is 6.54. The van der Waals surface area contributed by atoms with Gasteiger partial charge in [0.1, 0.15) is 5.75 Å². The van der Waals surface area contributed by atoms with E-state index in [1.54, 1.807) is 18.2 Å². The van der Waals surface area contributed by atoms with Gasteiger partial charge in [0.25, 0.3) is 0 Å². The van der Waals surface area contributed by atoms with E-state index in [1.165, 1.54) is 25.7 Å². The Labute approximate surface area is 143 Å². The first-order chi connectivity index (χ1) is 11.6. The minimum Gasteiger partial charge on any atom is -0.482 e. The zero-order chi connectivity index (χ0) is 17.4. The molecule has 0 radical (unpaired) electrons. The van der Waals surface area contributed by atoms with E-state index in [1.807, 2.05) is 6.07 Å². The number of rotatable bonds is 9. The van der Waals surface area contributed by atoms with E-state index < -0.39 is 5.97 Å². The summed E-state index contributed by atoms with van der Waals surface area (Å²) in [5, 5.41) is 11.6. The number of carbonyl (C=O) groups is 2. The third-order valence-corrected chi connectivity index (χ3v) is 4.68. The van der Waals surface area contributed by atoms with Crippen LogP contribution in [0.4, 0.5) is 0 Å². The summed E-state index contributed by atoms with van der Waals surface area (Å²) in [5.41, 5.74) is 0.905. The Morgan fingerprint density at radius 3 is 2.75 bits per heavy atom. The first-order valence-corrected chi connectivity index (χ1v) is 8.79. The molecule has 0 spiro atoms. The minimum absolute atomic E-state index is 0.0829. The molecule has 2 rings (SSSR count). The van der Waals surface area contributed by atoms with Gasteiger partial charge in [-0.05, 0) is 36.5 Å². The molecule has 5 heteroatoms. The van der Waals surface area contributed by atoms with Gasteiger partial charge >= 0.3 is 5.97 Å². The van der Waals surface area contributed by atoms with Gasteiger partial charge in [0.05, 0.1) is 0 Å². The van der Waals surface area contributed by atoms with E-state index in [9.17, 15) is 9.59 Å². The second-order valence-electron chi connectivity index (χ2n) is 6.54. The lowest BCUT2D eigenvalue weighted by molar-refractivity contribution is -0.139. The van der Waals surface area contributed by atoms with E-state index in [0.29, 0.717) is 18.2 Å². The van der Waals surface area contributed by atoms with E-state index in [4.69, 9.17) is 9.84 Å². The summed E-state index contributed by atoms with van der Waals surface area (Å²) < 4.78 is 5.16. The Bertz CT molecular complexity index is 552. The highest BCUT2D eigenvalue weighted by Crippen LogP contribution is 2.31. The molecule has 0 saturated heterocycles. The van der Waals surface area contributed by atoms with Crippen molar-refractivity contribution in [1.82, 2.24) is 5.32 Å². The van der Waals surface area contributed by atoms with Gasteiger partial charge in [0.15, 0.2) is 6.61 Å². The summed E-state index contributed by atoms with van der Waals surface area (Å²) in [7, 11) is 0. The average Bonchev–Trinajstić information content (AvgIpc) is 3.09. The number of carbonyl (C=O) groups excluding carboxylic acids is 1. The second kappa shape index (κ2) is 9.30. The van der Waals surface area contributed by atoms with Gasteiger partial charge in [0.2, 0.25) is 5.91 Å². The highest BCUT2D eigenvalue weighted by atomic mass is 16.5. The van der Waals surface area contributed by atoms with Crippen molar-refractivity contribution in [2.45, 2.75) is 52.0 Å². The molecule has 2 N–H and O–H groups in total. The van der Waals surface area contributed by atoms with Crippen molar-refractivity contribution in [1.29, 1.82) is 0 Å². The molecule has 0 aliphatic heterocycles. The standard InChI is InChI=1S/C19H27NO4/c1-2-16(10-14-6-3-4-7-14)19(23)20-12-15-8-5-9-17(11-15)24-13-18(21)22/h5,8-9,11,14,16H,2-4,6-7,10,12-13H2,1H3,(H,20,23)(H,21,22). The highest BCUT2D eigenvalue weighted by Gasteiger charge is 2.23. The Morgan fingerprint density at radius 2 is 2.08 bits per heavy atom. The molecule has 1 aliphatic carbocycles. The number of aliphatic carboxylic acids is 1. The van der Waals surface area contributed by atoms with Crippen molar-refractivity contribution in [3.63, 3.8) is 0 Å². The van der Waals surface area contributed by atoms with Crippen LogP contribution in [0.25, 0.3) is 0 Å². The molecule has 1 aliphatic rings. The van der Waals surface area contributed by atoms with Crippen molar-refractivity contribution in [2.24, 2.45) is 11.8 Å². The number of nitrogens with one attached hydrogen (secondary N) is 1. The largest absolute Gasteiger partial charge is 0.482 e. The Balaban J connectivity index is 1.83. The third kappa shape index (κ3) is 5.87. The number of ether oxygens (including phenoxy) is 1. The molecule has 1 amide bonds. The summed E-state index contributed by atoms with van der Waals surface area (Å²) in [6.45, 7) is 2.14. The molecule has 1 fully saturated rings. The zero-order valence-electron chi connectivity index (χ0n) is 14.3. The number of hydrogen-bond acceptors (Lipinski definition) is 3. The summed E-state index contributed by atoms with van der Waals surface area (Å²) in [6.07, 6.45) is 6.96. The summed E-state index contributed by atoms with van der Waals surface area (Å²) in [4.78, 5) is 23.0. The molecule has 1 aromatic carbocycles. The Hall–Kier alpha value is -2.04. The van der Waals surface area contributed by atoms with Crippen LogP contribution >= 0.6 is 0 Å². The number of carboxylic acid groups (broad SMARTS) is 1. The highest BCUT2D eigenvalue weighted by molar-refractivity contribution is 5.78. The molecule has 1 saturated carbocycles. The zero-order valence-corrected chi connectivity index (χ0v) is 14.3. The number of benzene rings is 1. The van der Waals surface area contributed by atoms with Gasteiger partial charge in [-0.25, -0.2) is 4.79 Å². The van der Waals surface area contributed by atoms with Crippen LogP contribution in [-0.2, 0) is 16.1 Å². The fourth-order valence-electron chi connectivity index (χ4n) is 3.33. The molecular formula is C19H27NO4. The summed E-state index contributed by atoms with van der Waals surface area (Å²) in [5.74, 6) is 0.391. The molecule has 132 valence electrons. The van der Waals surface area contributed by atoms with Crippen molar-refractivity contribution < 1.29 is 19.4 Å². The van der Waals surface area contributed by atoms with Gasteiger partial charge in [-0.2, -0.15) is 0 Å². The number of amides is 1. The molecular weight excluding hydrogens is 306 g/mol. The molecule has 5 nitrogen and oxygen atoms in total. The van der Waals surface area contributed by atoms with Crippen LogP contribution in [0, 0.1) is 11.8 Å². The number of carboxylic acids is 1. The fourth-order valence-corrected chi connectivity index (χ4v) is 3.33. The van der Waals surface area contributed by atoms with Crippen molar-refractivity contribution in [3.05, 3.63) is 29.8 Å². The topological polar surface area (TPSA) is 75.6 Å². The van der Waals surface area contributed by atoms with Crippen LogP contribution in [0.5, 0.6) is 5.75 Å². The maximum atomic E-state index is 12.4. The predicted molar refractivity (Wildman–Crippen MR) is 91.8 cm³/mol. The lowest BCUT2D eigenvalue weighted by atomic mass is 9.91. The monoisotopic (exact) mass is 333 g/mol. The lowest BCUT2D eigenvalue weighted by Crippen LogP contribution is -2.31. The van der Waals surface area contributed by atoms with Crippen LogP contribution in [-0.4, -0.2) is 23.6 Å². The van der Waals surface area contributed by atoms with Crippen molar-refractivity contribution in [3.8, 4) is 5.75 Å². The molecule has 0 aromatic heterocycles. The van der Waals surface area contributed by atoms with E-state index in [-0.39, 0.29) is 18.4 Å². The molecule has 1 aromatic rings. The molecule has 24 heavy (non-hydrogen) atoms. The summed E-state index contributed by atoms with van der Waals surface area (Å²) >= 11 is 0. The number of hydrogen-bond donors (Lipinski definition) is 2. The van der Waals surface area contributed by atoms with Crippen molar-refractivity contribution in [2.75, 3.05) is 6.61 Å². The smallest absolute Gasteiger partial charge is 0.341 e. The van der Waals surface area contributed by atoms with Crippen molar-refractivity contribution >= 4 is 11.9 Å². The van der Waals surface area contributed by atoms with E-state index in [2.05, 4.69) is 12.2 Å². The molecule has 0 heterocycles. The van der Waals surface area contributed by atoms with Gasteiger partial charge in [-0.3, -0.25) is 4.79 Å². The molecule has 1 unspecified atom stereocenters. The maximum Gasteiger partial charge on any atom is 0.341 e. The average molecular weight is 333 g/mol. The normalized spacial score (nSPS) is 15.9. The maximum absolute atomic E-state index is 12.4. The Morgan fingerprint density at radius 1 is 1.33 bits per heavy atom. The quantitative estimate of drug-likeness (QED) is 0.726. The van der Waals surface area contributed by atoms with E-state index >= 15 is 0 Å². The first-order valence-electron chi connectivity index (χ1n) is 8.79. The van der Waals surface area contributed by atoms with Gasteiger partial charge in [-0.15, -0.1) is 0 Å². The van der Waals surface area contributed by atoms with E-state index in [0.717, 1.165) is 18.4 Å². The SMILES string of the molecule is CCC(CC1CCCC1)C(=O)NCc1cccc(OCC(=O)O)c1. The lowest BCUT2D eigenvalue weighted by Gasteiger charge is -2.18.